The van der Waals surface area contributed by atoms with Gasteiger partial charge in [-0.1, -0.05) is 36.0 Å². The van der Waals surface area contributed by atoms with E-state index >= 15 is 0 Å². The molecule has 1 atom stereocenters. The van der Waals surface area contributed by atoms with Gasteiger partial charge in [0.15, 0.2) is 0 Å². The number of thioether (sulfide) groups is 1. The van der Waals surface area contributed by atoms with Gasteiger partial charge in [-0.3, -0.25) is 24.5 Å². The lowest BCUT2D eigenvalue weighted by atomic mass is 9.92. The van der Waals surface area contributed by atoms with Crippen LogP contribution in [0.4, 0.5) is 16.2 Å². The molecule has 33 heavy (non-hydrogen) atoms. The summed E-state index contributed by atoms with van der Waals surface area (Å²) in [6.07, 6.45) is 2.05. The first-order valence-corrected chi connectivity index (χ1v) is 11.7. The Bertz CT molecular complexity index is 1090. The zero-order valence-electron chi connectivity index (χ0n) is 18.3. The summed E-state index contributed by atoms with van der Waals surface area (Å²) >= 11 is 0.992. The molecule has 0 bridgehead atoms. The number of rotatable bonds is 8. The van der Waals surface area contributed by atoms with Crippen LogP contribution in [0.5, 0.6) is 5.75 Å². The minimum atomic E-state index is -0.484. The number of para-hydroxylation sites is 1. The van der Waals surface area contributed by atoms with E-state index in [1.807, 2.05) is 36.4 Å². The number of carbonyl (C=O) groups excluding carboxylic acids is 4. The molecule has 0 aliphatic carbocycles. The minimum absolute atomic E-state index is 0.0235. The fourth-order valence-corrected chi connectivity index (χ4v) is 5.03. The van der Waals surface area contributed by atoms with Crippen LogP contribution in [0.3, 0.4) is 0 Å². The first kappa shape index (κ1) is 22.8. The van der Waals surface area contributed by atoms with Crippen LogP contribution in [0.15, 0.2) is 42.5 Å². The Morgan fingerprint density at radius 1 is 1.15 bits per heavy atom. The highest BCUT2D eigenvalue weighted by Crippen LogP contribution is 2.40. The molecule has 0 radical (unpaired) electrons. The molecule has 2 aromatic rings. The highest BCUT2D eigenvalue weighted by atomic mass is 32.2. The summed E-state index contributed by atoms with van der Waals surface area (Å²) in [4.78, 5) is 50.4. The average molecular weight is 468 g/mol. The van der Waals surface area contributed by atoms with Crippen molar-refractivity contribution in [1.29, 1.82) is 0 Å². The molecule has 0 saturated carbocycles. The Kier molecular flexibility index (Phi) is 6.98. The van der Waals surface area contributed by atoms with E-state index in [0.29, 0.717) is 43.7 Å². The number of benzene rings is 2. The SMILES string of the molecule is COc1ccc(CC2SC(=O)NC2=O)c2c1N(CCCC(=O)Nc1ccccc1)C(=O)CC2. The molecule has 1 fully saturated rings. The molecule has 4 amide bonds. The smallest absolute Gasteiger partial charge is 0.286 e. The lowest BCUT2D eigenvalue weighted by molar-refractivity contribution is -0.120. The van der Waals surface area contributed by atoms with Gasteiger partial charge in [0.1, 0.15) is 5.75 Å². The normalized spacial score (nSPS) is 17.5. The Hall–Kier alpha value is -3.33. The van der Waals surface area contributed by atoms with Crippen molar-refractivity contribution in [3.05, 3.63) is 53.6 Å². The molecule has 1 saturated heterocycles. The van der Waals surface area contributed by atoms with Crippen LogP contribution in [0, 0.1) is 0 Å². The third-order valence-electron chi connectivity index (χ3n) is 5.74. The quantitative estimate of drug-likeness (QED) is 0.617. The predicted molar refractivity (Wildman–Crippen MR) is 127 cm³/mol. The van der Waals surface area contributed by atoms with E-state index in [-0.39, 0.29) is 29.4 Å². The summed E-state index contributed by atoms with van der Waals surface area (Å²) < 4.78 is 5.55. The monoisotopic (exact) mass is 467 g/mol. The van der Waals surface area contributed by atoms with Gasteiger partial charge < -0.3 is 15.0 Å². The molecule has 0 aromatic heterocycles. The number of nitrogens with zero attached hydrogens (tertiary/aromatic N) is 1. The Morgan fingerprint density at radius 3 is 2.64 bits per heavy atom. The molecule has 2 aromatic carbocycles. The van der Waals surface area contributed by atoms with E-state index < -0.39 is 5.25 Å². The number of fused-ring (bicyclic) bond motifs is 1. The van der Waals surface area contributed by atoms with Crippen LogP contribution in [0.2, 0.25) is 0 Å². The zero-order valence-corrected chi connectivity index (χ0v) is 19.1. The lowest BCUT2D eigenvalue weighted by Crippen LogP contribution is -2.37. The summed E-state index contributed by atoms with van der Waals surface area (Å²) in [5.41, 5.74) is 3.31. The molecule has 4 rings (SSSR count). The number of hydrogen-bond donors (Lipinski definition) is 2. The van der Waals surface area contributed by atoms with Crippen molar-refractivity contribution in [2.24, 2.45) is 0 Å². The summed E-state index contributed by atoms with van der Waals surface area (Å²) in [5, 5.41) is 4.36. The van der Waals surface area contributed by atoms with Crippen molar-refractivity contribution < 1.29 is 23.9 Å². The van der Waals surface area contributed by atoms with Crippen molar-refractivity contribution in [3.63, 3.8) is 0 Å². The molecule has 2 heterocycles. The maximum atomic E-state index is 12.8. The van der Waals surface area contributed by atoms with Crippen LogP contribution in [-0.4, -0.2) is 41.9 Å². The van der Waals surface area contributed by atoms with Crippen molar-refractivity contribution in [2.45, 2.75) is 37.4 Å². The van der Waals surface area contributed by atoms with E-state index in [0.717, 1.165) is 28.6 Å². The highest BCUT2D eigenvalue weighted by molar-refractivity contribution is 8.15. The van der Waals surface area contributed by atoms with Crippen LogP contribution in [0.1, 0.15) is 30.4 Å². The van der Waals surface area contributed by atoms with Crippen molar-refractivity contribution in [2.75, 3.05) is 23.9 Å². The molecule has 2 aliphatic heterocycles. The Labute approximate surface area is 196 Å². The molecule has 8 nitrogen and oxygen atoms in total. The van der Waals surface area contributed by atoms with Crippen LogP contribution < -0.4 is 20.3 Å². The second-order valence-electron chi connectivity index (χ2n) is 7.90. The maximum Gasteiger partial charge on any atom is 0.286 e. The van der Waals surface area contributed by atoms with E-state index in [2.05, 4.69) is 10.6 Å². The second kappa shape index (κ2) is 10.1. The topological polar surface area (TPSA) is 105 Å². The van der Waals surface area contributed by atoms with Crippen LogP contribution >= 0.6 is 11.8 Å². The zero-order chi connectivity index (χ0) is 23.4. The average Bonchev–Trinajstić information content (AvgIpc) is 3.12. The summed E-state index contributed by atoms with van der Waals surface area (Å²) in [6.45, 7) is 0.380. The fourth-order valence-electron chi connectivity index (χ4n) is 4.19. The number of amides is 4. The number of anilines is 2. The molecule has 2 N–H and O–H groups in total. The Morgan fingerprint density at radius 2 is 1.94 bits per heavy atom. The number of methoxy groups -OCH3 is 1. The van der Waals surface area contributed by atoms with E-state index in [1.54, 1.807) is 18.1 Å². The lowest BCUT2D eigenvalue weighted by Gasteiger charge is -2.32. The molecule has 2 aliphatic rings. The van der Waals surface area contributed by atoms with Crippen LogP contribution in [0.25, 0.3) is 0 Å². The maximum absolute atomic E-state index is 12.8. The minimum Gasteiger partial charge on any atom is -0.495 e. The predicted octanol–water partition coefficient (Wildman–Crippen LogP) is 3.29. The third kappa shape index (κ3) is 5.19. The van der Waals surface area contributed by atoms with Crippen molar-refractivity contribution in [1.82, 2.24) is 5.32 Å². The van der Waals surface area contributed by atoms with Gasteiger partial charge in [0.05, 0.1) is 18.0 Å². The van der Waals surface area contributed by atoms with Gasteiger partial charge in [-0.05, 0) is 48.6 Å². The van der Waals surface area contributed by atoms with Gasteiger partial charge in [-0.25, -0.2) is 0 Å². The molecule has 9 heteroatoms. The van der Waals surface area contributed by atoms with Gasteiger partial charge in [-0.15, -0.1) is 0 Å². The number of imide groups is 1. The largest absolute Gasteiger partial charge is 0.495 e. The summed E-state index contributed by atoms with van der Waals surface area (Å²) in [5.74, 6) is 0.156. The highest BCUT2D eigenvalue weighted by Gasteiger charge is 2.34. The van der Waals surface area contributed by atoms with E-state index in [4.69, 9.17) is 4.74 Å². The van der Waals surface area contributed by atoms with Crippen LogP contribution in [-0.2, 0) is 27.2 Å². The fraction of sp³-hybridized carbons (Fsp3) is 0.333. The van der Waals surface area contributed by atoms with E-state index in [9.17, 15) is 19.2 Å². The van der Waals surface area contributed by atoms with Gasteiger partial charge in [0.2, 0.25) is 17.7 Å². The van der Waals surface area contributed by atoms with Crippen molar-refractivity contribution >= 4 is 46.1 Å². The molecule has 1 unspecified atom stereocenters. The number of carbonyl (C=O) groups is 4. The van der Waals surface area contributed by atoms with Gasteiger partial charge in [0.25, 0.3) is 5.24 Å². The molecule has 0 spiro atoms. The standard InChI is InChI=1S/C24H25N3O5S/c1-32-18-11-9-15(14-19-23(30)26-24(31)33-19)17-10-12-21(29)27(22(17)18)13-5-8-20(28)25-16-6-3-2-4-7-16/h2-4,6-7,9,11,19H,5,8,10,12-14H2,1H3,(H,25,28)(H,26,30,31). The third-order valence-corrected chi connectivity index (χ3v) is 6.72. The van der Waals surface area contributed by atoms with Crippen molar-refractivity contribution in [3.8, 4) is 5.75 Å². The molecular formula is C24H25N3O5S. The van der Waals surface area contributed by atoms with Gasteiger partial charge in [-0.2, -0.15) is 0 Å². The summed E-state index contributed by atoms with van der Waals surface area (Å²) in [6, 6.07) is 12.9. The molecule has 172 valence electrons. The second-order valence-corrected chi connectivity index (χ2v) is 9.08. The first-order valence-electron chi connectivity index (χ1n) is 10.8. The number of hydrogen-bond acceptors (Lipinski definition) is 6. The number of ether oxygens (including phenoxy) is 1. The summed E-state index contributed by atoms with van der Waals surface area (Å²) in [7, 11) is 1.55. The molecular weight excluding hydrogens is 442 g/mol. The Balaban J connectivity index is 1.48. The van der Waals surface area contributed by atoms with Gasteiger partial charge >= 0.3 is 0 Å². The van der Waals surface area contributed by atoms with E-state index in [1.165, 1.54) is 0 Å². The number of nitrogens with one attached hydrogen (secondary N) is 2. The van der Waals surface area contributed by atoms with Gasteiger partial charge in [0, 0.05) is 25.1 Å². The first-order chi connectivity index (χ1) is 16.0.